The van der Waals surface area contributed by atoms with Crippen molar-refractivity contribution in [2.75, 3.05) is 11.0 Å². The van der Waals surface area contributed by atoms with E-state index in [4.69, 9.17) is 4.74 Å². The Morgan fingerprint density at radius 1 is 1.17 bits per heavy atom. The Morgan fingerprint density at radius 3 is 2.26 bits per heavy atom. The van der Waals surface area contributed by atoms with Crippen molar-refractivity contribution in [1.82, 2.24) is 5.32 Å². The quantitative estimate of drug-likeness (QED) is 0.174. The molecule has 1 atom stereocenters. The Hall–Kier alpha value is -0.323. The average molecular weight is 467 g/mol. The molecule has 0 saturated carbocycles. The molecular weight excluding hydrogens is 442 g/mol. The molecule has 136 valence electrons. The van der Waals surface area contributed by atoms with Crippen LogP contribution in [0.4, 0.5) is 13.2 Å². The Labute approximate surface area is 150 Å². The minimum atomic E-state index is -5.00. The van der Waals surface area contributed by atoms with Gasteiger partial charge in [-0.05, 0) is 23.3 Å². The van der Waals surface area contributed by atoms with Crippen molar-refractivity contribution in [3.8, 4) is 0 Å². The number of ether oxygens (including phenoxy) is 1. The van der Waals surface area contributed by atoms with Gasteiger partial charge in [0.25, 0.3) is 0 Å². The summed E-state index contributed by atoms with van der Waals surface area (Å²) in [5, 5.41) is 1.75. The maximum absolute atomic E-state index is 12.4. The SMILES string of the molecule is C[Si](C)(C)CCOC(=O)C(CCCCCI)NC(=O)C(F)(F)F. The lowest BCUT2D eigenvalue weighted by Gasteiger charge is -2.20. The zero-order chi connectivity index (χ0) is 18.1. The Kier molecular flexibility index (Phi) is 10.4. The van der Waals surface area contributed by atoms with E-state index in [1.165, 1.54) is 0 Å². The van der Waals surface area contributed by atoms with Crippen LogP contribution >= 0.6 is 22.6 Å². The number of amides is 1. The molecule has 0 aliphatic heterocycles. The molecule has 0 aromatic heterocycles. The maximum atomic E-state index is 12.4. The number of hydrogen-bond donors (Lipinski definition) is 1. The molecule has 0 rings (SSSR count). The fourth-order valence-corrected chi connectivity index (χ4v) is 2.92. The van der Waals surface area contributed by atoms with Crippen LogP contribution in [-0.2, 0) is 14.3 Å². The number of unbranched alkanes of at least 4 members (excludes halogenated alkanes) is 2. The zero-order valence-electron chi connectivity index (χ0n) is 13.8. The van der Waals surface area contributed by atoms with Crippen LogP contribution in [0.15, 0.2) is 0 Å². The molecule has 0 aromatic carbocycles. The highest BCUT2D eigenvalue weighted by Gasteiger charge is 2.41. The van der Waals surface area contributed by atoms with Gasteiger partial charge in [-0.2, -0.15) is 13.2 Å². The summed E-state index contributed by atoms with van der Waals surface area (Å²) in [6, 6.07) is -0.506. The smallest absolute Gasteiger partial charge is 0.464 e. The third kappa shape index (κ3) is 11.8. The number of carbonyl (C=O) groups excluding carboxylic acids is 2. The summed E-state index contributed by atoms with van der Waals surface area (Å²) in [5.41, 5.74) is 0. The van der Waals surface area contributed by atoms with Crippen molar-refractivity contribution in [1.29, 1.82) is 0 Å². The first-order valence-corrected chi connectivity index (χ1v) is 12.8. The first kappa shape index (κ1) is 22.7. The minimum Gasteiger partial charge on any atom is -0.464 e. The van der Waals surface area contributed by atoms with Crippen LogP contribution in [0.2, 0.25) is 25.7 Å². The first-order valence-electron chi connectivity index (χ1n) is 7.57. The molecule has 1 N–H and O–H groups in total. The third-order valence-corrected chi connectivity index (χ3v) is 5.54. The summed E-state index contributed by atoms with van der Waals surface area (Å²) in [6.07, 6.45) is -2.56. The molecule has 0 aliphatic carbocycles. The van der Waals surface area contributed by atoms with E-state index in [9.17, 15) is 22.8 Å². The standard InChI is InChI=1S/C14H25F3INO3Si/c1-23(2,3)10-9-22-12(20)11(7-5-4-6-8-18)19-13(21)14(15,16)17/h11H,4-10H2,1-3H3,(H,19,21). The van der Waals surface area contributed by atoms with E-state index in [-0.39, 0.29) is 13.0 Å². The van der Waals surface area contributed by atoms with Gasteiger partial charge in [0.2, 0.25) is 0 Å². The van der Waals surface area contributed by atoms with Gasteiger partial charge in [0.1, 0.15) is 6.04 Å². The summed E-state index contributed by atoms with van der Waals surface area (Å²) in [7, 11) is -1.40. The second-order valence-corrected chi connectivity index (χ2v) is 13.2. The van der Waals surface area contributed by atoms with Crippen molar-refractivity contribution >= 4 is 42.5 Å². The third-order valence-electron chi connectivity index (χ3n) is 3.07. The summed E-state index contributed by atoms with van der Waals surface area (Å²) < 4.78 is 43.1. The average Bonchev–Trinajstić information content (AvgIpc) is 2.39. The summed E-state index contributed by atoms with van der Waals surface area (Å²) in [6.45, 7) is 6.50. The second kappa shape index (κ2) is 10.5. The molecule has 0 aromatic rings. The van der Waals surface area contributed by atoms with Crippen molar-refractivity contribution < 1.29 is 27.5 Å². The van der Waals surface area contributed by atoms with E-state index in [0.29, 0.717) is 6.42 Å². The van der Waals surface area contributed by atoms with Crippen LogP contribution in [0.25, 0.3) is 0 Å². The molecule has 0 radical (unpaired) electrons. The van der Waals surface area contributed by atoms with Crippen LogP contribution in [-0.4, -0.2) is 43.2 Å². The molecule has 0 bridgehead atoms. The number of carbonyl (C=O) groups is 2. The van der Waals surface area contributed by atoms with E-state index in [2.05, 4.69) is 42.2 Å². The molecule has 9 heteroatoms. The first-order chi connectivity index (χ1) is 10.5. The predicted molar refractivity (Wildman–Crippen MR) is 94.5 cm³/mol. The number of hydrogen-bond acceptors (Lipinski definition) is 3. The fraction of sp³-hybridized carbons (Fsp3) is 0.857. The fourth-order valence-electron chi connectivity index (χ4n) is 1.67. The van der Waals surface area contributed by atoms with E-state index in [0.717, 1.165) is 23.3 Å². The van der Waals surface area contributed by atoms with Crippen molar-refractivity contribution in [3.05, 3.63) is 0 Å². The molecule has 23 heavy (non-hydrogen) atoms. The normalized spacial score (nSPS) is 13.5. The molecule has 0 saturated heterocycles. The maximum Gasteiger partial charge on any atom is 0.471 e. The van der Waals surface area contributed by atoms with Gasteiger partial charge < -0.3 is 10.1 Å². The number of esters is 1. The van der Waals surface area contributed by atoms with Crippen LogP contribution in [0, 0.1) is 0 Å². The van der Waals surface area contributed by atoms with E-state index >= 15 is 0 Å². The molecule has 1 unspecified atom stereocenters. The van der Waals surface area contributed by atoms with E-state index in [1.807, 2.05) is 0 Å². The van der Waals surface area contributed by atoms with Gasteiger partial charge in [0.05, 0.1) is 6.61 Å². The predicted octanol–water partition coefficient (Wildman–Crippen LogP) is 3.91. The van der Waals surface area contributed by atoms with Crippen LogP contribution in [0.5, 0.6) is 0 Å². The lowest BCUT2D eigenvalue weighted by atomic mass is 10.1. The largest absolute Gasteiger partial charge is 0.471 e. The topological polar surface area (TPSA) is 55.4 Å². The van der Waals surface area contributed by atoms with Crippen molar-refractivity contribution in [2.45, 2.75) is 63.6 Å². The van der Waals surface area contributed by atoms with Crippen molar-refractivity contribution in [2.24, 2.45) is 0 Å². The molecule has 1 amide bonds. The monoisotopic (exact) mass is 467 g/mol. The summed E-state index contributed by atoms with van der Waals surface area (Å²) >= 11 is 2.21. The lowest BCUT2D eigenvalue weighted by molar-refractivity contribution is -0.176. The molecule has 0 aliphatic rings. The highest BCUT2D eigenvalue weighted by molar-refractivity contribution is 14.1. The van der Waals surface area contributed by atoms with Gasteiger partial charge in [-0.3, -0.25) is 4.79 Å². The van der Waals surface area contributed by atoms with Crippen LogP contribution in [0.3, 0.4) is 0 Å². The molecule has 0 fully saturated rings. The number of rotatable bonds is 10. The molecule has 4 nitrogen and oxygen atoms in total. The highest BCUT2D eigenvalue weighted by Crippen LogP contribution is 2.16. The second-order valence-electron chi connectivity index (χ2n) is 6.54. The zero-order valence-corrected chi connectivity index (χ0v) is 16.9. The van der Waals surface area contributed by atoms with Gasteiger partial charge in [-0.1, -0.05) is 55.1 Å². The van der Waals surface area contributed by atoms with Gasteiger partial charge in [0, 0.05) is 8.07 Å². The summed E-state index contributed by atoms with van der Waals surface area (Å²) in [5.74, 6) is -2.88. The van der Waals surface area contributed by atoms with Crippen LogP contribution in [0.1, 0.15) is 25.7 Å². The number of alkyl halides is 4. The van der Waals surface area contributed by atoms with Gasteiger partial charge in [-0.25, -0.2) is 4.79 Å². The molecule has 0 spiro atoms. The molecule has 0 heterocycles. The van der Waals surface area contributed by atoms with Crippen LogP contribution < -0.4 is 5.32 Å². The highest BCUT2D eigenvalue weighted by atomic mass is 127. The number of nitrogens with one attached hydrogen (secondary N) is 1. The van der Waals surface area contributed by atoms with Gasteiger partial charge in [-0.15, -0.1) is 0 Å². The Morgan fingerprint density at radius 2 is 1.78 bits per heavy atom. The van der Waals surface area contributed by atoms with E-state index in [1.54, 1.807) is 5.32 Å². The summed E-state index contributed by atoms with van der Waals surface area (Å²) in [4.78, 5) is 23.0. The van der Waals surface area contributed by atoms with E-state index < -0.39 is 32.2 Å². The molecular formula is C14H25F3INO3Si. The lowest BCUT2D eigenvalue weighted by Crippen LogP contribution is -2.47. The number of halogens is 4. The van der Waals surface area contributed by atoms with Gasteiger partial charge in [0.15, 0.2) is 0 Å². The Bertz CT molecular complexity index is 386. The Balaban J connectivity index is 4.56. The van der Waals surface area contributed by atoms with Crippen molar-refractivity contribution in [3.63, 3.8) is 0 Å². The van der Waals surface area contributed by atoms with Gasteiger partial charge >= 0.3 is 18.1 Å². The minimum absolute atomic E-state index is 0.157.